The van der Waals surface area contributed by atoms with E-state index in [0.29, 0.717) is 17.0 Å². The Morgan fingerprint density at radius 1 is 0.860 bits per heavy atom. The molecule has 43 heavy (non-hydrogen) atoms. The SMILES string of the molecule is COc1cccc(CN2C(=O)C(NC(=O)c3cccc(C(F)(F)F)c3)(C(F)(F)F)C(C(=O)c3ccccc3)=C2C)c1OC. The van der Waals surface area contributed by atoms with Gasteiger partial charge in [-0.25, -0.2) is 0 Å². The fourth-order valence-corrected chi connectivity index (χ4v) is 4.90. The maximum Gasteiger partial charge on any atom is 0.425 e. The first-order valence-electron chi connectivity index (χ1n) is 12.6. The van der Waals surface area contributed by atoms with Crippen LogP contribution in [0.3, 0.4) is 0 Å². The highest BCUT2D eigenvalue weighted by Crippen LogP contribution is 2.47. The van der Waals surface area contributed by atoms with Crippen LogP contribution in [0, 0.1) is 0 Å². The number of para-hydroxylation sites is 1. The predicted molar refractivity (Wildman–Crippen MR) is 141 cm³/mol. The van der Waals surface area contributed by atoms with E-state index in [1.54, 1.807) is 5.32 Å². The fourth-order valence-electron chi connectivity index (χ4n) is 4.90. The van der Waals surface area contributed by atoms with E-state index in [2.05, 4.69) is 0 Å². The number of ether oxygens (including phenoxy) is 2. The van der Waals surface area contributed by atoms with Crippen LogP contribution in [0.4, 0.5) is 26.3 Å². The zero-order valence-corrected chi connectivity index (χ0v) is 22.9. The standard InChI is InChI=1S/C30H24F6N2O5/c1-17-23(24(39)18-9-5-4-6-10-18)28(30(34,35)36,37-26(40)19-11-7-13-21(15-19)29(31,32)33)27(41)38(17)16-20-12-8-14-22(42-2)25(20)43-3/h4-15H,16H2,1-3H3,(H,37,40). The van der Waals surface area contributed by atoms with Crippen molar-refractivity contribution in [1.29, 1.82) is 0 Å². The number of nitrogens with zero attached hydrogens (tertiary/aromatic N) is 1. The molecular weight excluding hydrogens is 582 g/mol. The number of rotatable bonds is 8. The van der Waals surface area contributed by atoms with Gasteiger partial charge in [0.1, 0.15) is 0 Å². The average molecular weight is 607 g/mol. The number of carbonyl (C=O) groups is 3. The Kier molecular flexibility index (Phi) is 8.30. The van der Waals surface area contributed by atoms with Crippen LogP contribution < -0.4 is 14.8 Å². The summed E-state index contributed by atoms with van der Waals surface area (Å²) in [5.74, 6) is -4.27. The minimum absolute atomic E-state index is 0.110. The molecule has 1 unspecified atom stereocenters. The summed E-state index contributed by atoms with van der Waals surface area (Å²) < 4.78 is 96.1. The summed E-state index contributed by atoms with van der Waals surface area (Å²) in [6.45, 7) is 0.582. The zero-order chi connectivity index (χ0) is 31.7. The van der Waals surface area contributed by atoms with Crippen LogP contribution in [-0.2, 0) is 17.5 Å². The van der Waals surface area contributed by atoms with Crippen molar-refractivity contribution >= 4 is 17.6 Å². The molecule has 1 heterocycles. The Balaban J connectivity index is 1.91. The van der Waals surface area contributed by atoms with E-state index in [1.165, 1.54) is 62.8 Å². The second-order valence-corrected chi connectivity index (χ2v) is 9.48. The van der Waals surface area contributed by atoms with Gasteiger partial charge in [-0.1, -0.05) is 48.5 Å². The molecule has 3 aromatic carbocycles. The third-order valence-electron chi connectivity index (χ3n) is 6.96. The topological polar surface area (TPSA) is 84.9 Å². The Morgan fingerprint density at radius 3 is 2.07 bits per heavy atom. The van der Waals surface area contributed by atoms with Crippen molar-refractivity contribution in [3.05, 3.63) is 106 Å². The maximum absolute atomic E-state index is 15.2. The third-order valence-corrected chi connectivity index (χ3v) is 6.96. The molecule has 226 valence electrons. The molecule has 0 aromatic heterocycles. The molecule has 1 aliphatic heterocycles. The molecule has 1 N–H and O–H groups in total. The van der Waals surface area contributed by atoms with Crippen molar-refractivity contribution in [2.24, 2.45) is 0 Å². The Morgan fingerprint density at radius 2 is 1.49 bits per heavy atom. The summed E-state index contributed by atoms with van der Waals surface area (Å²) in [6, 6.07) is 14.0. The van der Waals surface area contributed by atoms with Gasteiger partial charge in [0.05, 0.1) is 31.9 Å². The lowest BCUT2D eigenvalue weighted by atomic mass is 9.84. The first-order chi connectivity index (χ1) is 20.2. The summed E-state index contributed by atoms with van der Waals surface area (Å²) in [6.07, 6.45) is -10.5. The average Bonchev–Trinajstić information content (AvgIpc) is 3.18. The maximum atomic E-state index is 15.2. The molecule has 0 spiro atoms. The van der Waals surface area contributed by atoms with Crippen LogP contribution >= 0.6 is 0 Å². The zero-order valence-electron chi connectivity index (χ0n) is 22.9. The van der Waals surface area contributed by atoms with E-state index in [9.17, 15) is 27.6 Å². The molecule has 4 rings (SSSR count). The highest BCUT2D eigenvalue weighted by Gasteiger charge is 2.70. The first-order valence-corrected chi connectivity index (χ1v) is 12.6. The molecule has 3 aromatic rings. The normalized spacial score (nSPS) is 17.2. The number of hydrogen-bond donors (Lipinski definition) is 1. The van der Waals surface area contributed by atoms with Gasteiger partial charge in [-0.3, -0.25) is 14.4 Å². The fraction of sp³-hybridized carbons (Fsp3) is 0.233. The highest BCUT2D eigenvalue weighted by molar-refractivity contribution is 6.19. The Bertz CT molecular complexity index is 1600. The molecular formula is C30H24F6N2O5. The number of nitrogens with one attached hydrogen (secondary N) is 1. The summed E-state index contributed by atoms with van der Waals surface area (Å²) >= 11 is 0. The smallest absolute Gasteiger partial charge is 0.425 e. The molecule has 0 radical (unpaired) electrons. The molecule has 1 atom stereocenters. The quantitative estimate of drug-likeness (QED) is 0.253. The van der Waals surface area contributed by atoms with Crippen LogP contribution in [0.25, 0.3) is 0 Å². The van der Waals surface area contributed by atoms with Crippen molar-refractivity contribution < 1.29 is 50.2 Å². The molecule has 0 aliphatic carbocycles. The number of alkyl halides is 6. The number of carbonyl (C=O) groups excluding carboxylic acids is 3. The van der Waals surface area contributed by atoms with Gasteiger partial charge in [0.25, 0.3) is 11.8 Å². The lowest BCUT2D eigenvalue weighted by Gasteiger charge is -2.33. The Labute approximate surface area is 241 Å². The second kappa shape index (κ2) is 11.5. The van der Waals surface area contributed by atoms with E-state index in [-0.39, 0.29) is 22.6 Å². The second-order valence-electron chi connectivity index (χ2n) is 9.48. The van der Waals surface area contributed by atoms with Crippen LogP contribution in [0.5, 0.6) is 11.5 Å². The number of Topliss-reactive ketones (excluding diaryl/α,β-unsaturated/α-hetero) is 1. The van der Waals surface area contributed by atoms with Crippen LogP contribution in [0.1, 0.15) is 38.8 Å². The number of halogens is 6. The molecule has 1 aliphatic rings. The van der Waals surface area contributed by atoms with Crippen LogP contribution in [-0.4, -0.2) is 48.4 Å². The molecule has 2 amide bonds. The third kappa shape index (κ3) is 5.54. The van der Waals surface area contributed by atoms with E-state index in [0.717, 1.165) is 19.1 Å². The first kappa shape index (κ1) is 31.1. The van der Waals surface area contributed by atoms with Gasteiger partial charge in [0.15, 0.2) is 17.3 Å². The van der Waals surface area contributed by atoms with Crippen LogP contribution in [0.15, 0.2) is 84.1 Å². The van der Waals surface area contributed by atoms with Crippen molar-refractivity contribution in [2.75, 3.05) is 14.2 Å². The minimum atomic E-state index is -5.62. The van der Waals surface area contributed by atoms with E-state index >= 15 is 13.2 Å². The number of methoxy groups -OCH3 is 2. The number of benzene rings is 3. The van der Waals surface area contributed by atoms with Gasteiger partial charge in [-0.15, -0.1) is 0 Å². The molecule has 13 heteroatoms. The summed E-state index contributed by atoms with van der Waals surface area (Å²) in [5.41, 5.74) is -7.57. The van der Waals surface area contributed by atoms with E-state index < -0.39 is 64.4 Å². The van der Waals surface area contributed by atoms with Crippen molar-refractivity contribution in [3.63, 3.8) is 0 Å². The van der Waals surface area contributed by atoms with Crippen molar-refractivity contribution in [3.8, 4) is 11.5 Å². The largest absolute Gasteiger partial charge is 0.493 e. The van der Waals surface area contributed by atoms with Crippen molar-refractivity contribution in [1.82, 2.24) is 10.2 Å². The number of hydrogen-bond acceptors (Lipinski definition) is 5. The lowest BCUT2D eigenvalue weighted by Crippen LogP contribution is -2.66. The summed E-state index contributed by atoms with van der Waals surface area (Å²) in [7, 11) is 2.62. The lowest BCUT2D eigenvalue weighted by molar-refractivity contribution is -0.189. The van der Waals surface area contributed by atoms with Gasteiger partial charge in [0, 0.05) is 22.4 Å². The number of allylic oxidation sites excluding steroid dienone is 1. The van der Waals surface area contributed by atoms with Gasteiger partial charge < -0.3 is 19.7 Å². The van der Waals surface area contributed by atoms with Crippen LogP contribution in [0.2, 0.25) is 0 Å². The van der Waals surface area contributed by atoms with E-state index in [1.807, 2.05) is 0 Å². The highest BCUT2D eigenvalue weighted by atomic mass is 19.4. The molecule has 0 bridgehead atoms. The monoisotopic (exact) mass is 606 g/mol. The van der Waals surface area contributed by atoms with Crippen molar-refractivity contribution in [2.45, 2.75) is 31.4 Å². The van der Waals surface area contributed by atoms with Gasteiger partial charge in [-0.05, 0) is 31.2 Å². The number of ketones is 1. The Hall–Kier alpha value is -4.81. The summed E-state index contributed by atoms with van der Waals surface area (Å²) in [5, 5.41) is 1.62. The molecule has 0 fully saturated rings. The number of amides is 2. The van der Waals surface area contributed by atoms with Gasteiger partial charge in [0.2, 0.25) is 5.54 Å². The van der Waals surface area contributed by atoms with Gasteiger partial charge >= 0.3 is 12.4 Å². The predicted octanol–water partition coefficient (Wildman–Crippen LogP) is 5.95. The molecule has 7 nitrogen and oxygen atoms in total. The van der Waals surface area contributed by atoms with E-state index in [4.69, 9.17) is 9.47 Å². The van der Waals surface area contributed by atoms with Gasteiger partial charge in [-0.2, -0.15) is 26.3 Å². The molecule has 0 saturated heterocycles. The minimum Gasteiger partial charge on any atom is -0.493 e. The molecule has 0 saturated carbocycles. The summed E-state index contributed by atoms with van der Waals surface area (Å²) in [4.78, 5) is 41.5.